The molecule has 17 heavy (non-hydrogen) atoms. The van der Waals surface area contributed by atoms with Gasteiger partial charge in [0.15, 0.2) is 6.04 Å². The monoisotopic (exact) mass is 313 g/mol. The third kappa shape index (κ3) is 2.55. The lowest BCUT2D eigenvalue weighted by Crippen LogP contribution is -2.34. The quantitative estimate of drug-likeness (QED) is 0.912. The van der Waals surface area contributed by atoms with Crippen molar-refractivity contribution in [2.75, 3.05) is 0 Å². The first-order chi connectivity index (χ1) is 7.90. The fraction of sp³-hybridized carbons (Fsp3) is 0.333. The number of hydrogen-bond acceptors (Lipinski definition) is 3. The van der Waals surface area contributed by atoms with E-state index in [1.807, 2.05) is 38.1 Å². The van der Waals surface area contributed by atoms with Crippen molar-refractivity contribution in [2.24, 2.45) is 4.99 Å². The molecule has 90 valence electrons. The summed E-state index contributed by atoms with van der Waals surface area (Å²) in [5, 5.41) is 9.93. The van der Waals surface area contributed by atoms with Crippen LogP contribution in [0.5, 0.6) is 0 Å². The van der Waals surface area contributed by atoms with E-state index in [9.17, 15) is 4.79 Å². The normalized spacial score (nSPS) is 22.3. The summed E-state index contributed by atoms with van der Waals surface area (Å²) in [5.74, 6) is -0.866. The van der Waals surface area contributed by atoms with Crippen molar-refractivity contribution >= 4 is 38.7 Å². The van der Waals surface area contributed by atoms with Gasteiger partial charge in [-0.1, -0.05) is 39.8 Å². The van der Waals surface area contributed by atoms with Crippen LogP contribution in [0.4, 0.5) is 0 Å². The molecule has 1 aromatic carbocycles. The SMILES string of the molecule is CC1(C)SC(c2ccc(Br)cc2)=N[C@H]1C(=O)O. The Morgan fingerprint density at radius 1 is 1.41 bits per heavy atom. The number of rotatable bonds is 2. The molecule has 5 heteroatoms. The number of halogens is 1. The van der Waals surface area contributed by atoms with Gasteiger partial charge in [0.25, 0.3) is 0 Å². The van der Waals surface area contributed by atoms with Crippen molar-refractivity contribution in [3.05, 3.63) is 34.3 Å². The number of carboxylic acid groups (broad SMARTS) is 1. The average molecular weight is 314 g/mol. The summed E-state index contributed by atoms with van der Waals surface area (Å²) in [4.78, 5) is 15.4. The van der Waals surface area contributed by atoms with Crippen LogP contribution in [0.15, 0.2) is 33.7 Å². The van der Waals surface area contributed by atoms with E-state index in [1.165, 1.54) is 11.8 Å². The van der Waals surface area contributed by atoms with Crippen LogP contribution in [0, 0.1) is 0 Å². The summed E-state index contributed by atoms with van der Waals surface area (Å²) in [7, 11) is 0. The summed E-state index contributed by atoms with van der Waals surface area (Å²) in [6.45, 7) is 3.82. The van der Waals surface area contributed by atoms with E-state index in [1.54, 1.807) is 0 Å². The molecule has 1 aromatic rings. The van der Waals surface area contributed by atoms with Crippen LogP contribution >= 0.6 is 27.7 Å². The number of carbonyl (C=O) groups is 1. The van der Waals surface area contributed by atoms with Gasteiger partial charge in [-0.25, -0.2) is 4.79 Å². The molecule has 0 spiro atoms. The van der Waals surface area contributed by atoms with Crippen LogP contribution in [-0.2, 0) is 4.79 Å². The average Bonchev–Trinajstić information content (AvgIpc) is 2.55. The first kappa shape index (κ1) is 12.6. The van der Waals surface area contributed by atoms with E-state index >= 15 is 0 Å². The van der Waals surface area contributed by atoms with E-state index in [0.29, 0.717) is 0 Å². The predicted octanol–water partition coefficient (Wildman–Crippen LogP) is 3.17. The van der Waals surface area contributed by atoms with Gasteiger partial charge in [-0.15, -0.1) is 0 Å². The summed E-state index contributed by atoms with van der Waals surface area (Å²) in [6, 6.07) is 7.07. The first-order valence-corrected chi connectivity index (χ1v) is 6.76. The first-order valence-electron chi connectivity index (χ1n) is 5.16. The standard InChI is InChI=1S/C12H12BrNO2S/c1-12(2)9(11(15)16)14-10(17-12)7-3-5-8(13)6-4-7/h3-6,9H,1-2H3,(H,15,16)/t9-/m0/s1. The van der Waals surface area contributed by atoms with Crippen LogP contribution in [0.2, 0.25) is 0 Å². The van der Waals surface area contributed by atoms with Gasteiger partial charge in [0.05, 0.1) is 5.04 Å². The zero-order chi connectivity index (χ0) is 12.6. The molecule has 0 bridgehead atoms. The predicted molar refractivity (Wildman–Crippen MR) is 73.8 cm³/mol. The largest absolute Gasteiger partial charge is 0.480 e. The second kappa shape index (κ2) is 4.46. The molecule has 0 amide bonds. The molecule has 0 saturated carbocycles. The molecular formula is C12H12BrNO2S. The van der Waals surface area contributed by atoms with Crippen LogP contribution in [0.1, 0.15) is 19.4 Å². The van der Waals surface area contributed by atoms with Crippen molar-refractivity contribution in [3.63, 3.8) is 0 Å². The molecule has 0 fully saturated rings. The lowest BCUT2D eigenvalue weighted by atomic mass is 10.0. The molecule has 0 aromatic heterocycles. The topological polar surface area (TPSA) is 49.7 Å². The number of aliphatic imine (C=N–C) groups is 1. The highest BCUT2D eigenvalue weighted by atomic mass is 79.9. The minimum absolute atomic E-state index is 0.395. The molecule has 1 N–H and O–H groups in total. The summed E-state index contributed by atoms with van der Waals surface area (Å²) >= 11 is 4.89. The minimum atomic E-state index is -0.866. The Morgan fingerprint density at radius 2 is 2.00 bits per heavy atom. The third-order valence-electron chi connectivity index (χ3n) is 2.59. The number of carboxylic acids is 1. The Hall–Kier alpha value is -0.810. The van der Waals surface area contributed by atoms with Gasteiger partial charge in [0.1, 0.15) is 0 Å². The number of aliphatic carboxylic acids is 1. The maximum atomic E-state index is 11.1. The van der Waals surface area contributed by atoms with Gasteiger partial charge in [0.2, 0.25) is 0 Å². The smallest absolute Gasteiger partial charge is 0.329 e. The zero-order valence-corrected chi connectivity index (χ0v) is 11.9. The summed E-state index contributed by atoms with van der Waals surface area (Å²) in [6.07, 6.45) is 0. The van der Waals surface area contributed by atoms with Crippen molar-refractivity contribution in [2.45, 2.75) is 24.6 Å². The number of hydrogen-bond donors (Lipinski definition) is 1. The maximum Gasteiger partial charge on any atom is 0.329 e. The molecule has 0 unspecified atom stereocenters. The molecule has 1 aliphatic heterocycles. The highest BCUT2D eigenvalue weighted by molar-refractivity contribution is 9.10. The Bertz CT molecular complexity index is 482. The Labute approximate surface area is 112 Å². The molecule has 1 atom stereocenters. The molecule has 0 radical (unpaired) electrons. The molecule has 1 aliphatic rings. The van der Waals surface area contributed by atoms with Crippen LogP contribution < -0.4 is 0 Å². The van der Waals surface area contributed by atoms with Crippen molar-refractivity contribution < 1.29 is 9.90 Å². The second-order valence-electron chi connectivity index (χ2n) is 4.39. The highest BCUT2D eigenvalue weighted by Crippen LogP contribution is 2.39. The lowest BCUT2D eigenvalue weighted by Gasteiger charge is -2.20. The van der Waals surface area contributed by atoms with Gasteiger partial charge >= 0.3 is 5.97 Å². The molecule has 0 aliphatic carbocycles. The van der Waals surface area contributed by atoms with Crippen LogP contribution in [0.3, 0.4) is 0 Å². The molecule has 0 saturated heterocycles. The van der Waals surface area contributed by atoms with Gasteiger partial charge in [-0.3, -0.25) is 4.99 Å². The number of nitrogens with zero attached hydrogens (tertiary/aromatic N) is 1. The van der Waals surface area contributed by atoms with E-state index < -0.39 is 16.8 Å². The van der Waals surface area contributed by atoms with Gasteiger partial charge in [0, 0.05) is 14.8 Å². The molecular weight excluding hydrogens is 302 g/mol. The van der Waals surface area contributed by atoms with Crippen LogP contribution in [-0.4, -0.2) is 26.9 Å². The second-order valence-corrected chi connectivity index (χ2v) is 6.95. The fourth-order valence-electron chi connectivity index (χ4n) is 1.68. The zero-order valence-electron chi connectivity index (χ0n) is 9.48. The molecule has 1 heterocycles. The van der Waals surface area contributed by atoms with E-state index in [4.69, 9.17) is 5.11 Å². The van der Waals surface area contributed by atoms with Crippen molar-refractivity contribution in [1.29, 1.82) is 0 Å². The Kier molecular flexibility index (Phi) is 3.32. The van der Waals surface area contributed by atoms with E-state index in [0.717, 1.165) is 15.1 Å². The van der Waals surface area contributed by atoms with Gasteiger partial charge in [-0.05, 0) is 26.0 Å². The summed E-state index contributed by atoms with van der Waals surface area (Å²) in [5.41, 5.74) is 0.968. The van der Waals surface area contributed by atoms with Crippen molar-refractivity contribution in [1.82, 2.24) is 0 Å². The summed E-state index contributed by atoms with van der Waals surface area (Å²) < 4.78 is 0.604. The number of benzene rings is 1. The lowest BCUT2D eigenvalue weighted by molar-refractivity contribution is -0.138. The third-order valence-corrected chi connectivity index (χ3v) is 4.40. The number of thioether (sulfide) groups is 1. The Morgan fingerprint density at radius 3 is 2.47 bits per heavy atom. The van der Waals surface area contributed by atoms with Gasteiger partial charge < -0.3 is 5.11 Å². The van der Waals surface area contributed by atoms with E-state index in [-0.39, 0.29) is 0 Å². The van der Waals surface area contributed by atoms with Crippen molar-refractivity contribution in [3.8, 4) is 0 Å². The van der Waals surface area contributed by atoms with Crippen LogP contribution in [0.25, 0.3) is 0 Å². The maximum absolute atomic E-state index is 11.1. The molecule has 3 nitrogen and oxygen atoms in total. The Balaban J connectivity index is 2.33. The van der Waals surface area contributed by atoms with E-state index in [2.05, 4.69) is 20.9 Å². The highest BCUT2D eigenvalue weighted by Gasteiger charge is 2.42. The molecule has 2 rings (SSSR count). The fourth-order valence-corrected chi connectivity index (χ4v) is 3.12. The minimum Gasteiger partial charge on any atom is -0.480 e. The van der Waals surface area contributed by atoms with Gasteiger partial charge in [-0.2, -0.15) is 0 Å².